The van der Waals surface area contributed by atoms with Gasteiger partial charge in [0.05, 0.1) is 17.1 Å². The summed E-state index contributed by atoms with van der Waals surface area (Å²) in [6, 6.07) is 2.72. The Morgan fingerprint density at radius 1 is 1.14 bits per heavy atom. The van der Waals surface area contributed by atoms with Crippen molar-refractivity contribution in [2.24, 2.45) is 0 Å². The fourth-order valence-corrected chi connectivity index (χ4v) is 5.47. The summed E-state index contributed by atoms with van der Waals surface area (Å²) in [5.41, 5.74) is -0.654. The molecule has 2 heterocycles. The molecule has 4 rings (SSSR count). The number of hydrogen-bond donors (Lipinski definition) is 1. The Bertz CT molecular complexity index is 1100. The molecule has 1 aromatic carbocycles. The number of aromatic nitrogens is 2. The van der Waals surface area contributed by atoms with E-state index < -0.39 is 27.2 Å². The standard InChI is InChI=1S/C18H19ClF2N4O3S/c19-17-15(10-22-25(18(17)26)16-4-1-11(20)9-14(16)21)23-12-5-7-24(8-6-12)29(27,28)13-2-3-13/h1,4,9-10,12-13,23H,2-3,5-8H2. The molecule has 7 nitrogen and oxygen atoms in total. The smallest absolute Gasteiger partial charge is 0.292 e. The summed E-state index contributed by atoms with van der Waals surface area (Å²) in [4.78, 5) is 12.5. The second-order valence-electron chi connectivity index (χ2n) is 7.25. The molecule has 11 heteroatoms. The van der Waals surface area contributed by atoms with E-state index in [1.54, 1.807) is 0 Å². The first-order valence-corrected chi connectivity index (χ1v) is 11.1. The highest BCUT2D eigenvalue weighted by Crippen LogP contribution is 2.32. The Kier molecular flexibility index (Phi) is 5.34. The Morgan fingerprint density at radius 2 is 1.83 bits per heavy atom. The van der Waals surface area contributed by atoms with E-state index in [2.05, 4.69) is 10.4 Å². The zero-order valence-corrected chi connectivity index (χ0v) is 16.9. The van der Waals surface area contributed by atoms with Crippen LogP contribution >= 0.6 is 11.6 Å². The van der Waals surface area contributed by atoms with Crippen LogP contribution in [0.25, 0.3) is 5.69 Å². The van der Waals surface area contributed by atoms with Crippen molar-refractivity contribution in [2.45, 2.75) is 37.0 Å². The van der Waals surface area contributed by atoms with Gasteiger partial charge in [-0.05, 0) is 37.8 Å². The number of piperidine rings is 1. The second kappa shape index (κ2) is 7.66. The highest BCUT2D eigenvalue weighted by molar-refractivity contribution is 7.90. The summed E-state index contributed by atoms with van der Waals surface area (Å²) in [6.07, 6.45) is 3.90. The normalized spacial score (nSPS) is 18.7. The topological polar surface area (TPSA) is 84.3 Å². The molecule has 1 aromatic heterocycles. The van der Waals surface area contributed by atoms with Crippen molar-refractivity contribution in [1.29, 1.82) is 0 Å². The van der Waals surface area contributed by atoms with Gasteiger partial charge in [-0.3, -0.25) is 4.79 Å². The van der Waals surface area contributed by atoms with Gasteiger partial charge in [-0.25, -0.2) is 21.5 Å². The van der Waals surface area contributed by atoms with Crippen molar-refractivity contribution < 1.29 is 17.2 Å². The fourth-order valence-electron chi connectivity index (χ4n) is 3.41. The summed E-state index contributed by atoms with van der Waals surface area (Å²) >= 11 is 6.16. The van der Waals surface area contributed by atoms with Crippen molar-refractivity contribution in [1.82, 2.24) is 14.1 Å². The van der Waals surface area contributed by atoms with Crippen molar-refractivity contribution in [3.63, 3.8) is 0 Å². The lowest BCUT2D eigenvalue weighted by molar-refractivity contribution is 0.329. The molecule has 2 aliphatic rings. The molecule has 0 unspecified atom stereocenters. The van der Waals surface area contributed by atoms with E-state index in [-0.39, 0.29) is 22.0 Å². The molecular weight excluding hydrogens is 426 g/mol. The number of benzene rings is 1. The SMILES string of the molecule is O=c1c(Cl)c(NC2CCN(S(=O)(=O)C3CC3)CC2)cnn1-c1ccc(F)cc1F. The van der Waals surface area contributed by atoms with Crippen LogP contribution in [0.2, 0.25) is 5.02 Å². The van der Waals surface area contributed by atoms with E-state index in [9.17, 15) is 22.0 Å². The molecule has 0 bridgehead atoms. The molecule has 0 radical (unpaired) electrons. The number of nitrogens with one attached hydrogen (secondary N) is 1. The maximum atomic E-state index is 14.0. The van der Waals surface area contributed by atoms with Gasteiger partial charge in [-0.15, -0.1) is 0 Å². The molecule has 1 saturated carbocycles. The molecule has 0 atom stereocenters. The summed E-state index contributed by atoms with van der Waals surface area (Å²) < 4.78 is 54.0. The van der Waals surface area contributed by atoms with Gasteiger partial charge in [0.15, 0.2) is 5.82 Å². The number of anilines is 1. The number of hydrogen-bond acceptors (Lipinski definition) is 5. The first-order chi connectivity index (χ1) is 13.8. The molecule has 0 amide bonds. The van der Waals surface area contributed by atoms with Gasteiger partial charge in [-0.2, -0.15) is 9.78 Å². The summed E-state index contributed by atoms with van der Waals surface area (Å²) in [5, 5.41) is 6.66. The van der Waals surface area contributed by atoms with Crippen LogP contribution < -0.4 is 10.9 Å². The third-order valence-corrected chi connectivity index (χ3v) is 7.94. The van der Waals surface area contributed by atoms with Crippen molar-refractivity contribution in [3.05, 3.63) is 51.4 Å². The Balaban J connectivity index is 1.48. The predicted octanol–water partition coefficient (Wildman–Crippen LogP) is 2.53. The minimum Gasteiger partial charge on any atom is -0.380 e. The predicted molar refractivity (Wildman–Crippen MR) is 105 cm³/mol. The largest absolute Gasteiger partial charge is 0.380 e. The van der Waals surface area contributed by atoms with Gasteiger partial charge in [0.1, 0.15) is 16.5 Å². The molecule has 1 saturated heterocycles. The van der Waals surface area contributed by atoms with Crippen LogP contribution in [0, 0.1) is 11.6 Å². The van der Waals surface area contributed by atoms with Crippen LogP contribution in [0.3, 0.4) is 0 Å². The minimum atomic E-state index is -3.19. The number of sulfonamides is 1. The maximum Gasteiger partial charge on any atom is 0.292 e. The van der Waals surface area contributed by atoms with E-state index in [4.69, 9.17) is 11.6 Å². The van der Waals surface area contributed by atoms with E-state index in [0.29, 0.717) is 37.7 Å². The molecule has 156 valence electrons. The zero-order chi connectivity index (χ0) is 20.8. The molecule has 2 aromatic rings. The van der Waals surface area contributed by atoms with Crippen molar-refractivity contribution in [2.75, 3.05) is 18.4 Å². The quantitative estimate of drug-likeness (QED) is 0.766. The van der Waals surface area contributed by atoms with Gasteiger partial charge in [0.2, 0.25) is 10.0 Å². The number of nitrogens with zero attached hydrogens (tertiary/aromatic N) is 3. The fraction of sp³-hybridized carbons (Fsp3) is 0.444. The van der Waals surface area contributed by atoms with Gasteiger partial charge in [0.25, 0.3) is 5.56 Å². The van der Waals surface area contributed by atoms with Gasteiger partial charge in [0, 0.05) is 25.2 Å². The Hall–Kier alpha value is -2.04. The summed E-state index contributed by atoms with van der Waals surface area (Å²) in [6.45, 7) is 0.804. The Morgan fingerprint density at radius 3 is 2.45 bits per heavy atom. The van der Waals surface area contributed by atoms with Crippen molar-refractivity contribution >= 4 is 27.3 Å². The van der Waals surface area contributed by atoms with Gasteiger partial charge >= 0.3 is 0 Å². The molecule has 2 fully saturated rings. The minimum absolute atomic E-state index is 0.0715. The highest BCUT2D eigenvalue weighted by Gasteiger charge is 2.41. The van der Waals surface area contributed by atoms with Crippen LogP contribution in [0.1, 0.15) is 25.7 Å². The molecule has 1 aliphatic heterocycles. The van der Waals surface area contributed by atoms with Crippen LogP contribution in [0.4, 0.5) is 14.5 Å². The maximum absolute atomic E-state index is 14.0. The summed E-state index contributed by atoms with van der Waals surface area (Å²) in [5.74, 6) is -1.70. The third kappa shape index (κ3) is 4.01. The van der Waals surface area contributed by atoms with E-state index >= 15 is 0 Å². The molecular formula is C18H19ClF2N4O3S. The monoisotopic (exact) mass is 444 g/mol. The van der Waals surface area contributed by atoms with E-state index in [1.165, 1.54) is 10.5 Å². The van der Waals surface area contributed by atoms with Crippen LogP contribution in [0.5, 0.6) is 0 Å². The number of rotatable bonds is 5. The molecule has 1 aliphatic carbocycles. The second-order valence-corrected chi connectivity index (χ2v) is 9.84. The average Bonchev–Trinajstić information content (AvgIpc) is 3.53. The van der Waals surface area contributed by atoms with E-state index in [1.807, 2.05) is 0 Å². The number of halogens is 3. The van der Waals surface area contributed by atoms with Crippen LogP contribution in [0.15, 0.2) is 29.2 Å². The lowest BCUT2D eigenvalue weighted by Gasteiger charge is -2.32. The van der Waals surface area contributed by atoms with Crippen LogP contribution in [-0.2, 0) is 10.0 Å². The zero-order valence-electron chi connectivity index (χ0n) is 15.3. The first-order valence-electron chi connectivity index (χ1n) is 9.26. The lowest BCUT2D eigenvalue weighted by Crippen LogP contribution is -2.43. The van der Waals surface area contributed by atoms with Crippen LogP contribution in [-0.4, -0.2) is 46.9 Å². The average molecular weight is 445 g/mol. The molecule has 1 N–H and O–H groups in total. The molecule has 29 heavy (non-hydrogen) atoms. The third-order valence-electron chi connectivity index (χ3n) is 5.18. The lowest BCUT2D eigenvalue weighted by atomic mass is 10.1. The van der Waals surface area contributed by atoms with E-state index in [0.717, 1.165) is 29.7 Å². The van der Waals surface area contributed by atoms with Gasteiger partial charge in [-0.1, -0.05) is 11.6 Å². The van der Waals surface area contributed by atoms with Gasteiger partial charge < -0.3 is 5.32 Å². The first kappa shape index (κ1) is 20.2. The molecule has 0 spiro atoms. The summed E-state index contributed by atoms with van der Waals surface area (Å²) in [7, 11) is -3.19. The Labute approximate surface area is 171 Å². The highest BCUT2D eigenvalue weighted by atomic mass is 35.5. The van der Waals surface area contributed by atoms with Crippen molar-refractivity contribution in [3.8, 4) is 5.69 Å².